The average molecular weight is 261 g/mol. The highest BCUT2D eigenvalue weighted by Gasteiger charge is 2.34. The second kappa shape index (κ2) is 6.19. The molecule has 0 heterocycles. The van der Waals surface area contributed by atoms with Gasteiger partial charge >= 0.3 is 0 Å². The van der Waals surface area contributed by atoms with Crippen LogP contribution in [0.2, 0.25) is 0 Å². The van der Waals surface area contributed by atoms with Gasteiger partial charge in [-0.25, -0.2) is 8.42 Å². The molecule has 1 aliphatic carbocycles. The molecule has 0 aromatic rings. The summed E-state index contributed by atoms with van der Waals surface area (Å²) in [5.74, 6) is 0.321. The lowest BCUT2D eigenvalue weighted by Gasteiger charge is -2.41. The van der Waals surface area contributed by atoms with Crippen molar-refractivity contribution >= 4 is 9.84 Å². The molecule has 0 aromatic carbocycles. The van der Waals surface area contributed by atoms with E-state index in [1.54, 1.807) is 0 Å². The maximum atomic E-state index is 11.1. The summed E-state index contributed by atoms with van der Waals surface area (Å²) >= 11 is 0. The minimum Gasteiger partial charge on any atom is -0.316 e. The van der Waals surface area contributed by atoms with Crippen LogP contribution in [0.25, 0.3) is 0 Å². The second-order valence-corrected chi connectivity index (χ2v) is 8.09. The van der Waals surface area contributed by atoms with Gasteiger partial charge in [0.15, 0.2) is 0 Å². The highest BCUT2D eigenvalue weighted by Crippen LogP contribution is 2.40. The molecule has 0 amide bonds. The van der Waals surface area contributed by atoms with Crippen LogP contribution in [0.15, 0.2) is 0 Å². The minimum absolute atomic E-state index is 0.321. The maximum absolute atomic E-state index is 11.1. The lowest BCUT2D eigenvalue weighted by atomic mass is 9.69. The summed E-state index contributed by atoms with van der Waals surface area (Å²) in [6, 6.07) is 0.463. The monoisotopic (exact) mass is 261 g/mol. The fourth-order valence-electron chi connectivity index (χ4n) is 3.10. The Morgan fingerprint density at radius 3 is 2.29 bits per heavy atom. The molecule has 1 saturated carbocycles. The molecule has 1 atom stereocenters. The quantitative estimate of drug-likeness (QED) is 0.798. The molecule has 0 aromatic heterocycles. The van der Waals surface area contributed by atoms with Gasteiger partial charge in [-0.2, -0.15) is 0 Å². The van der Waals surface area contributed by atoms with Crippen molar-refractivity contribution in [1.29, 1.82) is 0 Å². The number of nitrogens with one attached hydrogen (secondary N) is 1. The van der Waals surface area contributed by atoms with Crippen molar-refractivity contribution in [3.63, 3.8) is 0 Å². The SMILES string of the molecule is CNC(CCCS(C)(=O)=O)C1(C)CCCCC1. The summed E-state index contributed by atoms with van der Waals surface area (Å²) in [4.78, 5) is 0. The lowest BCUT2D eigenvalue weighted by Crippen LogP contribution is -2.43. The van der Waals surface area contributed by atoms with E-state index in [0.29, 0.717) is 17.2 Å². The van der Waals surface area contributed by atoms with E-state index in [2.05, 4.69) is 12.2 Å². The van der Waals surface area contributed by atoms with Crippen molar-refractivity contribution in [3.8, 4) is 0 Å². The number of sulfone groups is 1. The van der Waals surface area contributed by atoms with Gasteiger partial charge in [0.25, 0.3) is 0 Å². The molecular formula is C13H27NO2S. The molecular weight excluding hydrogens is 234 g/mol. The molecule has 1 unspecified atom stereocenters. The van der Waals surface area contributed by atoms with Gasteiger partial charge in [-0.1, -0.05) is 26.2 Å². The molecule has 1 N–H and O–H groups in total. The highest BCUT2D eigenvalue weighted by atomic mass is 32.2. The van der Waals surface area contributed by atoms with Crippen LogP contribution in [0.5, 0.6) is 0 Å². The zero-order valence-corrected chi connectivity index (χ0v) is 12.3. The minimum atomic E-state index is -2.81. The van der Waals surface area contributed by atoms with E-state index in [4.69, 9.17) is 0 Å². The van der Waals surface area contributed by atoms with E-state index in [0.717, 1.165) is 12.8 Å². The molecule has 0 bridgehead atoms. The van der Waals surface area contributed by atoms with Gasteiger partial charge in [-0.15, -0.1) is 0 Å². The average Bonchev–Trinajstić information content (AvgIpc) is 2.23. The van der Waals surface area contributed by atoms with Crippen molar-refractivity contribution in [2.45, 2.75) is 57.9 Å². The molecule has 1 aliphatic rings. The fraction of sp³-hybridized carbons (Fsp3) is 1.00. The zero-order chi connectivity index (χ0) is 12.9. The summed E-state index contributed by atoms with van der Waals surface area (Å²) in [5.41, 5.74) is 0.366. The third-order valence-electron chi connectivity index (χ3n) is 4.19. The van der Waals surface area contributed by atoms with Gasteiger partial charge in [0.05, 0.1) is 0 Å². The number of rotatable bonds is 6. The van der Waals surface area contributed by atoms with E-state index in [-0.39, 0.29) is 0 Å². The summed E-state index contributed by atoms with van der Waals surface area (Å²) in [7, 11) is -0.801. The van der Waals surface area contributed by atoms with E-state index in [9.17, 15) is 8.42 Å². The molecule has 0 aliphatic heterocycles. The predicted octanol–water partition coefficient (Wildman–Crippen LogP) is 2.37. The van der Waals surface area contributed by atoms with Crippen molar-refractivity contribution in [2.75, 3.05) is 19.1 Å². The van der Waals surface area contributed by atoms with E-state index in [1.165, 1.54) is 38.4 Å². The first-order valence-electron chi connectivity index (χ1n) is 6.72. The summed E-state index contributed by atoms with van der Waals surface area (Å²) < 4.78 is 22.3. The van der Waals surface area contributed by atoms with Crippen LogP contribution in [0.3, 0.4) is 0 Å². The first kappa shape index (κ1) is 15.0. The van der Waals surface area contributed by atoms with Gasteiger partial charge < -0.3 is 5.32 Å². The smallest absolute Gasteiger partial charge is 0.147 e. The Bertz CT molecular complexity index is 318. The van der Waals surface area contributed by atoms with E-state index < -0.39 is 9.84 Å². The summed E-state index contributed by atoms with van der Waals surface area (Å²) in [5, 5.41) is 3.40. The summed E-state index contributed by atoms with van der Waals surface area (Å²) in [6.45, 7) is 2.35. The first-order chi connectivity index (χ1) is 7.87. The van der Waals surface area contributed by atoms with Gasteiger partial charge in [0.2, 0.25) is 0 Å². The fourth-order valence-corrected chi connectivity index (χ4v) is 3.79. The third-order valence-corrected chi connectivity index (χ3v) is 5.22. The van der Waals surface area contributed by atoms with E-state index in [1.807, 2.05) is 7.05 Å². The zero-order valence-electron chi connectivity index (χ0n) is 11.5. The predicted molar refractivity (Wildman–Crippen MR) is 73.0 cm³/mol. The highest BCUT2D eigenvalue weighted by molar-refractivity contribution is 7.90. The lowest BCUT2D eigenvalue weighted by molar-refractivity contribution is 0.143. The maximum Gasteiger partial charge on any atom is 0.147 e. The van der Waals surface area contributed by atoms with Gasteiger partial charge in [-0.3, -0.25) is 0 Å². The van der Waals surface area contributed by atoms with Crippen LogP contribution >= 0.6 is 0 Å². The van der Waals surface area contributed by atoms with Crippen LogP contribution < -0.4 is 5.32 Å². The Labute approximate surface area is 106 Å². The second-order valence-electron chi connectivity index (χ2n) is 5.83. The molecule has 0 spiro atoms. The van der Waals surface area contributed by atoms with Crippen molar-refractivity contribution in [2.24, 2.45) is 5.41 Å². The van der Waals surface area contributed by atoms with Crippen LogP contribution in [-0.2, 0) is 9.84 Å². The molecule has 1 fully saturated rings. The van der Waals surface area contributed by atoms with Crippen LogP contribution in [-0.4, -0.2) is 33.5 Å². The molecule has 0 saturated heterocycles. The van der Waals surface area contributed by atoms with Crippen molar-refractivity contribution in [1.82, 2.24) is 5.32 Å². The van der Waals surface area contributed by atoms with Gasteiger partial charge in [0.1, 0.15) is 9.84 Å². The topological polar surface area (TPSA) is 46.2 Å². The van der Waals surface area contributed by atoms with Crippen LogP contribution in [0.1, 0.15) is 51.9 Å². The molecule has 102 valence electrons. The Balaban J connectivity index is 2.47. The normalized spacial score (nSPS) is 22.3. The molecule has 17 heavy (non-hydrogen) atoms. The Kier molecular flexibility index (Phi) is 5.45. The molecule has 3 nitrogen and oxygen atoms in total. The summed E-state index contributed by atoms with van der Waals surface area (Å²) in [6.07, 6.45) is 9.62. The Morgan fingerprint density at radius 2 is 1.82 bits per heavy atom. The van der Waals surface area contributed by atoms with Gasteiger partial charge in [-0.05, 0) is 38.1 Å². The van der Waals surface area contributed by atoms with Gasteiger partial charge in [0, 0.05) is 18.1 Å². The third kappa shape index (κ3) is 4.96. The Morgan fingerprint density at radius 1 is 1.24 bits per heavy atom. The largest absolute Gasteiger partial charge is 0.316 e. The number of hydrogen-bond acceptors (Lipinski definition) is 3. The van der Waals surface area contributed by atoms with E-state index >= 15 is 0 Å². The Hall–Kier alpha value is -0.0900. The standard InChI is InChI=1S/C13H27NO2S/c1-13(9-5-4-6-10-13)12(14-2)8-7-11-17(3,15)16/h12,14H,4-11H2,1-3H3. The van der Waals surface area contributed by atoms with Crippen molar-refractivity contribution < 1.29 is 8.42 Å². The van der Waals surface area contributed by atoms with Crippen LogP contribution in [0, 0.1) is 5.41 Å². The molecule has 4 heteroatoms. The molecule has 1 rings (SSSR count). The number of hydrogen-bond donors (Lipinski definition) is 1. The van der Waals surface area contributed by atoms with Crippen LogP contribution in [0.4, 0.5) is 0 Å². The molecule has 0 radical (unpaired) electrons. The first-order valence-corrected chi connectivity index (χ1v) is 8.78. The van der Waals surface area contributed by atoms with Crippen molar-refractivity contribution in [3.05, 3.63) is 0 Å².